The van der Waals surface area contributed by atoms with Crippen LogP contribution in [0.5, 0.6) is 0 Å². The van der Waals surface area contributed by atoms with E-state index in [4.69, 9.17) is 0 Å². The minimum atomic E-state index is -3.50. The third-order valence-corrected chi connectivity index (χ3v) is 6.86. The highest BCUT2D eigenvalue weighted by molar-refractivity contribution is 7.89. The van der Waals surface area contributed by atoms with Crippen LogP contribution in [-0.2, 0) is 21.2 Å². The number of rotatable bonds is 8. The molecule has 0 spiro atoms. The van der Waals surface area contributed by atoms with Crippen LogP contribution >= 0.6 is 0 Å². The van der Waals surface area contributed by atoms with Crippen LogP contribution in [0.2, 0.25) is 0 Å². The molecule has 3 rings (SSSR count). The van der Waals surface area contributed by atoms with E-state index in [0.717, 1.165) is 31.5 Å². The predicted octanol–water partition coefficient (Wildman–Crippen LogP) is 3.11. The van der Waals surface area contributed by atoms with E-state index in [2.05, 4.69) is 16.3 Å². The zero-order chi connectivity index (χ0) is 20.1. The number of benzene rings is 2. The number of carbonyl (C=O) groups is 1. The second-order valence-corrected chi connectivity index (χ2v) is 9.10. The molecule has 6 nitrogen and oxygen atoms in total. The van der Waals surface area contributed by atoms with Crippen LogP contribution in [0, 0.1) is 0 Å². The van der Waals surface area contributed by atoms with E-state index in [-0.39, 0.29) is 17.3 Å². The van der Waals surface area contributed by atoms with Gasteiger partial charge in [-0.3, -0.25) is 4.79 Å². The number of para-hydroxylation sites is 1. The Balaban J connectivity index is 1.61. The molecule has 0 bridgehead atoms. The lowest BCUT2D eigenvalue weighted by Gasteiger charge is -2.19. The van der Waals surface area contributed by atoms with Crippen molar-refractivity contribution in [2.45, 2.75) is 31.1 Å². The van der Waals surface area contributed by atoms with Crippen LogP contribution in [0.15, 0.2) is 53.4 Å². The Morgan fingerprint density at radius 2 is 1.86 bits per heavy atom. The van der Waals surface area contributed by atoms with Gasteiger partial charge in [0.25, 0.3) is 0 Å². The van der Waals surface area contributed by atoms with Crippen molar-refractivity contribution in [2.75, 3.05) is 36.9 Å². The van der Waals surface area contributed by atoms with Crippen LogP contribution < -0.4 is 10.2 Å². The zero-order valence-corrected chi connectivity index (χ0v) is 17.2. The Bertz CT molecular complexity index is 926. The molecular weight excluding hydrogens is 374 g/mol. The Labute approximate surface area is 167 Å². The zero-order valence-electron chi connectivity index (χ0n) is 16.4. The summed E-state index contributed by atoms with van der Waals surface area (Å²) in [5.41, 5.74) is 2.96. The molecule has 7 heteroatoms. The second-order valence-electron chi connectivity index (χ2n) is 7.05. The number of nitrogens with zero attached hydrogens (tertiary/aromatic N) is 2. The Morgan fingerprint density at radius 1 is 1.14 bits per heavy atom. The van der Waals surface area contributed by atoms with Crippen LogP contribution in [0.25, 0.3) is 0 Å². The van der Waals surface area contributed by atoms with E-state index in [1.54, 1.807) is 31.3 Å². The first-order chi connectivity index (χ1) is 13.4. The van der Waals surface area contributed by atoms with Crippen molar-refractivity contribution in [3.8, 4) is 0 Å². The summed E-state index contributed by atoms with van der Waals surface area (Å²) in [6.45, 7) is 3.62. The minimum absolute atomic E-state index is 0.118. The molecule has 0 fully saturated rings. The first kappa shape index (κ1) is 20.4. The Morgan fingerprint density at radius 3 is 2.57 bits per heavy atom. The summed E-state index contributed by atoms with van der Waals surface area (Å²) in [6, 6.07) is 14.5. The van der Waals surface area contributed by atoms with Gasteiger partial charge in [-0.2, -0.15) is 0 Å². The van der Waals surface area contributed by atoms with E-state index in [9.17, 15) is 13.2 Å². The number of hydrogen-bond acceptors (Lipinski definition) is 4. The molecule has 1 N–H and O–H groups in total. The van der Waals surface area contributed by atoms with Gasteiger partial charge in [-0.25, -0.2) is 12.7 Å². The third kappa shape index (κ3) is 4.54. The van der Waals surface area contributed by atoms with Gasteiger partial charge in [0, 0.05) is 31.5 Å². The molecule has 2 aromatic carbocycles. The summed E-state index contributed by atoms with van der Waals surface area (Å²) in [5.74, 6) is -0.118. The molecule has 0 aliphatic carbocycles. The molecule has 0 radical (unpaired) electrons. The number of amides is 1. The summed E-state index contributed by atoms with van der Waals surface area (Å²) in [6.07, 6.45) is 2.71. The van der Waals surface area contributed by atoms with Crippen molar-refractivity contribution in [1.29, 1.82) is 0 Å². The van der Waals surface area contributed by atoms with Gasteiger partial charge in [0.1, 0.15) is 0 Å². The first-order valence-electron chi connectivity index (χ1n) is 9.61. The van der Waals surface area contributed by atoms with Crippen molar-refractivity contribution < 1.29 is 13.2 Å². The highest BCUT2D eigenvalue weighted by Gasteiger charge is 2.22. The molecule has 1 aliphatic rings. The number of carbonyl (C=O) groups excluding carboxylic acids is 1. The lowest BCUT2D eigenvalue weighted by Crippen LogP contribution is -2.31. The molecule has 150 valence electrons. The van der Waals surface area contributed by atoms with Gasteiger partial charge in [-0.1, -0.05) is 31.5 Å². The molecule has 1 aliphatic heterocycles. The predicted molar refractivity (Wildman–Crippen MR) is 112 cm³/mol. The standard InChI is InChI=1S/C21H27N3O3S/c1-3-4-14-23(2)28(26,27)19-11-9-18(10-12-19)22-21(25)16-24-15-13-17-7-5-6-8-20(17)24/h5-12H,3-4,13-16H2,1-2H3,(H,22,25). The maximum absolute atomic E-state index is 12.6. The molecule has 1 amide bonds. The number of sulfonamides is 1. The van der Waals surface area contributed by atoms with Crippen molar-refractivity contribution >= 4 is 27.3 Å². The number of nitrogens with one attached hydrogen (secondary N) is 1. The van der Waals surface area contributed by atoms with Gasteiger partial charge in [0.2, 0.25) is 15.9 Å². The molecule has 0 aromatic heterocycles. The van der Waals surface area contributed by atoms with E-state index >= 15 is 0 Å². The quantitative estimate of drug-likeness (QED) is 0.738. The van der Waals surface area contributed by atoms with Crippen molar-refractivity contribution in [3.05, 3.63) is 54.1 Å². The van der Waals surface area contributed by atoms with Gasteiger partial charge in [-0.15, -0.1) is 0 Å². The molecule has 28 heavy (non-hydrogen) atoms. The van der Waals surface area contributed by atoms with Crippen LogP contribution in [0.1, 0.15) is 25.3 Å². The summed E-state index contributed by atoms with van der Waals surface area (Å²) in [5, 5.41) is 2.85. The molecule has 0 saturated carbocycles. The second kappa shape index (κ2) is 8.75. The highest BCUT2D eigenvalue weighted by atomic mass is 32.2. The van der Waals surface area contributed by atoms with Crippen molar-refractivity contribution in [3.63, 3.8) is 0 Å². The Kier molecular flexibility index (Phi) is 6.36. The molecule has 0 saturated heterocycles. The SMILES string of the molecule is CCCCN(C)S(=O)(=O)c1ccc(NC(=O)CN2CCc3ccccc32)cc1. The van der Waals surface area contributed by atoms with Gasteiger partial charge in [0.15, 0.2) is 0 Å². The van der Waals surface area contributed by atoms with Gasteiger partial charge in [-0.05, 0) is 48.7 Å². The fourth-order valence-electron chi connectivity index (χ4n) is 3.34. The lowest BCUT2D eigenvalue weighted by molar-refractivity contribution is -0.115. The van der Waals surface area contributed by atoms with Gasteiger partial charge >= 0.3 is 0 Å². The van der Waals surface area contributed by atoms with Crippen molar-refractivity contribution in [2.24, 2.45) is 0 Å². The van der Waals surface area contributed by atoms with E-state index in [1.165, 1.54) is 9.87 Å². The minimum Gasteiger partial charge on any atom is -0.362 e. The van der Waals surface area contributed by atoms with E-state index < -0.39 is 10.0 Å². The van der Waals surface area contributed by atoms with E-state index in [0.29, 0.717) is 12.2 Å². The lowest BCUT2D eigenvalue weighted by atomic mass is 10.2. The fourth-order valence-corrected chi connectivity index (χ4v) is 4.55. The van der Waals surface area contributed by atoms with Crippen molar-refractivity contribution in [1.82, 2.24) is 4.31 Å². The van der Waals surface area contributed by atoms with E-state index in [1.807, 2.05) is 25.1 Å². The molecule has 0 unspecified atom stereocenters. The normalized spacial score (nSPS) is 13.6. The van der Waals surface area contributed by atoms with Gasteiger partial charge in [0.05, 0.1) is 11.4 Å². The van der Waals surface area contributed by atoms with Gasteiger partial charge < -0.3 is 10.2 Å². The highest BCUT2D eigenvalue weighted by Crippen LogP contribution is 2.27. The number of anilines is 2. The smallest absolute Gasteiger partial charge is 0.243 e. The molecule has 0 atom stereocenters. The number of hydrogen-bond donors (Lipinski definition) is 1. The fraction of sp³-hybridized carbons (Fsp3) is 0.381. The summed E-state index contributed by atoms with van der Waals surface area (Å²) >= 11 is 0. The molecule has 2 aromatic rings. The largest absolute Gasteiger partial charge is 0.362 e. The average Bonchev–Trinajstić information content (AvgIpc) is 3.09. The topological polar surface area (TPSA) is 69.7 Å². The third-order valence-electron chi connectivity index (χ3n) is 4.99. The van der Waals surface area contributed by atoms with Crippen LogP contribution in [0.4, 0.5) is 11.4 Å². The number of unbranched alkanes of at least 4 members (excludes halogenated alkanes) is 1. The average molecular weight is 402 g/mol. The maximum Gasteiger partial charge on any atom is 0.243 e. The monoisotopic (exact) mass is 401 g/mol. The van der Waals surface area contributed by atoms with Crippen LogP contribution in [0.3, 0.4) is 0 Å². The number of fused-ring (bicyclic) bond motifs is 1. The molecular formula is C21H27N3O3S. The Hall–Kier alpha value is -2.38. The van der Waals surface area contributed by atoms with Crippen LogP contribution in [-0.4, -0.2) is 45.3 Å². The first-order valence-corrected chi connectivity index (χ1v) is 11.0. The summed E-state index contributed by atoms with van der Waals surface area (Å²) in [7, 11) is -1.90. The summed E-state index contributed by atoms with van der Waals surface area (Å²) < 4.78 is 26.5. The summed E-state index contributed by atoms with van der Waals surface area (Å²) in [4.78, 5) is 14.7. The maximum atomic E-state index is 12.6. The molecule has 1 heterocycles.